The number of carbonyl (C=O) groups excluding carboxylic acids is 1. The standard InChI is InChI=1S/C20H28O3/c1-10-6-14-16-13(18(16,4)5)8-12(3)20(14,23)15-7-11(2)17(21)19(15,22)9-10/h6-7,12-16,22-23H,8-9H2,1-5H3/t12-,13?,14?,15?,16?,19?,20?/m1/s1. The lowest BCUT2D eigenvalue weighted by molar-refractivity contribution is -0.168. The third-order valence-corrected chi connectivity index (χ3v) is 7.65. The maximum absolute atomic E-state index is 12.6. The van der Waals surface area contributed by atoms with Gasteiger partial charge in [-0.15, -0.1) is 0 Å². The molecule has 4 rings (SSSR count). The number of aliphatic hydroxyl groups is 2. The summed E-state index contributed by atoms with van der Waals surface area (Å²) in [5.74, 6) is 0.497. The molecule has 0 aromatic heterocycles. The Balaban J connectivity index is 1.90. The van der Waals surface area contributed by atoms with Crippen LogP contribution in [0.5, 0.6) is 0 Å². The normalized spacial score (nSPS) is 53.5. The van der Waals surface area contributed by atoms with Crippen molar-refractivity contribution < 1.29 is 15.0 Å². The molecule has 6 unspecified atom stereocenters. The van der Waals surface area contributed by atoms with Crippen molar-refractivity contribution >= 4 is 5.78 Å². The van der Waals surface area contributed by atoms with Gasteiger partial charge in [0.15, 0.2) is 5.78 Å². The first-order valence-corrected chi connectivity index (χ1v) is 8.90. The second kappa shape index (κ2) is 4.18. The predicted molar refractivity (Wildman–Crippen MR) is 88.6 cm³/mol. The van der Waals surface area contributed by atoms with Crippen LogP contribution < -0.4 is 0 Å². The van der Waals surface area contributed by atoms with Gasteiger partial charge in [-0.25, -0.2) is 0 Å². The minimum atomic E-state index is -1.46. The molecule has 126 valence electrons. The van der Waals surface area contributed by atoms with Gasteiger partial charge in [0.2, 0.25) is 0 Å². The summed E-state index contributed by atoms with van der Waals surface area (Å²) in [4.78, 5) is 12.6. The Kier molecular flexibility index (Phi) is 2.83. The van der Waals surface area contributed by atoms with Gasteiger partial charge in [0, 0.05) is 18.3 Å². The van der Waals surface area contributed by atoms with Crippen molar-refractivity contribution in [3.05, 3.63) is 23.3 Å². The Labute approximate surface area is 138 Å². The van der Waals surface area contributed by atoms with E-state index in [1.54, 1.807) is 6.92 Å². The van der Waals surface area contributed by atoms with Gasteiger partial charge in [-0.2, -0.15) is 0 Å². The van der Waals surface area contributed by atoms with Crippen molar-refractivity contribution in [2.45, 2.75) is 58.7 Å². The van der Waals surface area contributed by atoms with Crippen molar-refractivity contribution in [3.8, 4) is 0 Å². The molecule has 2 fully saturated rings. The maximum Gasteiger partial charge on any atom is 0.190 e. The van der Waals surface area contributed by atoms with E-state index in [1.807, 2.05) is 13.0 Å². The smallest absolute Gasteiger partial charge is 0.190 e. The predicted octanol–water partition coefficient (Wildman–Crippen LogP) is 2.87. The monoisotopic (exact) mass is 316 g/mol. The molecule has 4 aliphatic rings. The van der Waals surface area contributed by atoms with E-state index in [-0.39, 0.29) is 23.0 Å². The van der Waals surface area contributed by atoms with Crippen LogP contribution in [-0.2, 0) is 4.79 Å². The minimum Gasteiger partial charge on any atom is -0.388 e. The Morgan fingerprint density at radius 2 is 1.83 bits per heavy atom. The Hall–Kier alpha value is -0.930. The Morgan fingerprint density at radius 3 is 2.48 bits per heavy atom. The number of hydrogen-bond acceptors (Lipinski definition) is 3. The van der Waals surface area contributed by atoms with E-state index < -0.39 is 17.1 Å². The number of carbonyl (C=O) groups is 1. The Morgan fingerprint density at radius 1 is 1.17 bits per heavy atom. The molecule has 0 spiro atoms. The summed E-state index contributed by atoms with van der Waals surface area (Å²) in [6.07, 6.45) is 5.35. The van der Waals surface area contributed by atoms with Gasteiger partial charge >= 0.3 is 0 Å². The fourth-order valence-electron chi connectivity index (χ4n) is 6.33. The van der Waals surface area contributed by atoms with Crippen LogP contribution in [0.15, 0.2) is 23.3 Å². The molecule has 7 atom stereocenters. The van der Waals surface area contributed by atoms with Gasteiger partial charge < -0.3 is 10.2 Å². The zero-order valence-electron chi connectivity index (χ0n) is 14.8. The van der Waals surface area contributed by atoms with E-state index in [0.29, 0.717) is 23.8 Å². The lowest BCUT2D eigenvalue weighted by atomic mass is 9.60. The fourth-order valence-corrected chi connectivity index (χ4v) is 6.33. The van der Waals surface area contributed by atoms with Crippen LogP contribution in [0.2, 0.25) is 0 Å². The van der Waals surface area contributed by atoms with Crippen molar-refractivity contribution in [1.82, 2.24) is 0 Å². The maximum atomic E-state index is 12.6. The molecule has 0 aromatic carbocycles. The van der Waals surface area contributed by atoms with Crippen LogP contribution in [0.1, 0.15) is 47.5 Å². The van der Waals surface area contributed by atoms with E-state index in [4.69, 9.17) is 0 Å². The first-order chi connectivity index (χ1) is 10.5. The summed E-state index contributed by atoms with van der Waals surface area (Å²) in [5.41, 5.74) is -0.623. The minimum absolute atomic E-state index is 0.0280. The molecular weight excluding hydrogens is 288 g/mol. The van der Waals surface area contributed by atoms with E-state index in [2.05, 4.69) is 26.8 Å². The molecule has 23 heavy (non-hydrogen) atoms. The quantitative estimate of drug-likeness (QED) is 0.676. The van der Waals surface area contributed by atoms with Gasteiger partial charge in [-0.3, -0.25) is 4.79 Å². The van der Waals surface area contributed by atoms with E-state index in [0.717, 1.165) is 12.0 Å². The molecule has 4 aliphatic carbocycles. The van der Waals surface area contributed by atoms with E-state index in [1.165, 1.54) is 0 Å². The highest BCUT2D eigenvalue weighted by molar-refractivity contribution is 6.04. The van der Waals surface area contributed by atoms with Crippen LogP contribution in [0.4, 0.5) is 0 Å². The van der Waals surface area contributed by atoms with Crippen LogP contribution in [-0.4, -0.2) is 27.2 Å². The van der Waals surface area contributed by atoms with Gasteiger partial charge in [0.25, 0.3) is 0 Å². The molecule has 3 nitrogen and oxygen atoms in total. The van der Waals surface area contributed by atoms with Gasteiger partial charge in [0.05, 0.1) is 5.60 Å². The van der Waals surface area contributed by atoms with Gasteiger partial charge in [0.1, 0.15) is 5.60 Å². The lowest BCUT2D eigenvalue weighted by Crippen LogP contribution is -2.59. The van der Waals surface area contributed by atoms with Crippen molar-refractivity contribution in [3.63, 3.8) is 0 Å². The highest BCUT2D eigenvalue weighted by atomic mass is 16.3. The molecule has 0 amide bonds. The Bertz CT molecular complexity index is 658. The third-order valence-electron chi connectivity index (χ3n) is 7.65. The van der Waals surface area contributed by atoms with E-state index in [9.17, 15) is 15.0 Å². The largest absolute Gasteiger partial charge is 0.388 e. The average molecular weight is 316 g/mol. The summed E-state index contributed by atoms with van der Waals surface area (Å²) in [6.45, 7) is 10.4. The summed E-state index contributed by atoms with van der Waals surface area (Å²) >= 11 is 0. The molecule has 2 saturated carbocycles. The first-order valence-electron chi connectivity index (χ1n) is 8.90. The summed E-state index contributed by atoms with van der Waals surface area (Å²) in [6, 6.07) is 0. The van der Waals surface area contributed by atoms with Crippen LogP contribution in [0, 0.1) is 35.0 Å². The van der Waals surface area contributed by atoms with Crippen molar-refractivity contribution in [2.24, 2.45) is 35.0 Å². The number of ketones is 1. The fraction of sp³-hybridized carbons (Fsp3) is 0.750. The zero-order chi connectivity index (χ0) is 16.9. The number of Topliss-reactive ketones (excluding diaryl/α,β-unsaturated/α-hetero) is 1. The summed E-state index contributed by atoms with van der Waals surface area (Å²) < 4.78 is 0. The third kappa shape index (κ3) is 1.65. The molecule has 0 heterocycles. The molecular formula is C20H28O3. The van der Waals surface area contributed by atoms with Crippen molar-refractivity contribution in [2.75, 3.05) is 0 Å². The molecule has 0 aromatic rings. The van der Waals surface area contributed by atoms with Crippen LogP contribution >= 0.6 is 0 Å². The van der Waals surface area contributed by atoms with E-state index >= 15 is 0 Å². The lowest BCUT2D eigenvalue weighted by Gasteiger charge is -2.49. The van der Waals surface area contributed by atoms with Gasteiger partial charge in [-0.05, 0) is 49.0 Å². The molecule has 2 N–H and O–H groups in total. The zero-order valence-corrected chi connectivity index (χ0v) is 14.8. The number of rotatable bonds is 0. The molecule has 0 aliphatic heterocycles. The molecule has 0 bridgehead atoms. The SMILES string of the molecule is CC1=CC2C3C(C[C@@H](C)C2(O)C2C=C(C)C(=O)C2(O)C1)C3(C)C. The summed E-state index contributed by atoms with van der Waals surface area (Å²) in [5, 5.41) is 23.1. The topological polar surface area (TPSA) is 57.5 Å². The van der Waals surface area contributed by atoms with Crippen LogP contribution in [0.25, 0.3) is 0 Å². The van der Waals surface area contributed by atoms with Crippen molar-refractivity contribution in [1.29, 1.82) is 0 Å². The second-order valence-electron chi connectivity index (χ2n) is 9.27. The highest BCUT2D eigenvalue weighted by Gasteiger charge is 2.73. The second-order valence-corrected chi connectivity index (χ2v) is 9.27. The number of fused-ring (bicyclic) bond motifs is 5. The highest BCUT2D eigenvalue weighted by Crippen LogP contribution is 2.72. The molecule has 0 saturated heterocycles. The summed E-state index contributed by atoms with van der Waals surface area (Å²) in [7, 11) is 0. The number of hydrogen-bond donors (Lipinski definition) is 2. The average Bonchev–Trinajstić information content (AvgIpc) is 2.93. The first kappa shape index (κ1) is 15.6. The molecule has 3 heteroatoms. The molecule has 0 radical (unpaired) electrons. The van der Waals surface area contributed by atoms with Gasteiger partial charge in [-0.1, -0.05) is 38.5 Å². The van der Waals surface area contributed by atoms with Crippen LogP contribution in [0.3, 0.4) is 0 Å².